The van der Waals surface area contributed by atoms with Crippen molar-refractivity contribution in [3.63, 3.8) is 0 Å². The van der Waals surface area contributed by atoms with Crippen LogP contribution in [0.4, 0.5) is 14.4 Å². The van der Waals surface area contributed by atoms with Crippen LogP contribution in [0.5, 0.6) is 0 Å². The van der Waals surface area contributed by atoms with E-state index in [2.05, 4.69) is 15.4 Å². The quantitative estimate of drug-likeness (QED) is 0.262. The SMILES string of the molecule is CC(C)[C@H](NC(=O)OC(C)(C)C)C(=O)OCC(COC(=O)[C@@H](NC(=O)OC(C)(C)C)C(C)C)OC(=O)O. The summed E-state index contributed by atoms with van der Waals surface area (Å²) in [5.41, 5.74) is -1.57. The van der Waals surface area contributed by atoms with Crippen molar-refractivity contribution >= 4 is 30.3 Å². The Morgan fingerprint density at radius 1 is 0.676 bits per heavy atom. The maximum absolute atomic E-state index is 12.6. The van der Waals surface area contributed by atoms with E-state index in [1.54, 1.807) is 69.2 Å². The van der Waals surface area contributed by atoms with Crippen molar-refractivity contribution in [2.75, 3.05) is 13.2 Å². The Labute approximate surface area is 217 Å². The zero-order chi connectivity index (χ0) is 29.1. The fraction of sp³-hybridized carbons (Fsp3) is 0.792. The van der Waals surface area contributed by atoms with E-state index in [9.17, 15) is 24.0 Å². The molecular weight excluding hydrogens is 492 g/mol. The number of carboxylic acid groups (broad SMARTS) is 1. The molecule has 0 saturated heterocycles. The number of rotatable bonds is 11. The highest BCUT2D eigenvalue weighted by Crippen LogP contribution is 2.12. The molecule has 0 unspecified atom stereocenters. The van der Waals surface area contributed by atoms with E-state index in [0.29, 0.717) is 0 Å². The van der Waals surface area contributed by atoms with Gasteiger partial charge in [-0.15, -0.1) is 0 Å². The van der Waals surface area contributed by atoms with E-state index in [-0.39, 0.29) is 11.8 Å². The Morgan fingerprint density at radius 3 is 1.24 bits per heavy atom. The molecule has 13 nitrogen and oxygen atoms in total. The van der Waals surface area contributed by atoms with E-state index >= 15 is 0 Å². The number of carbonyl (C=O) groups is 5. The van der Waals surface area contributed by atoms with E-state index in [0.717, 1.165) is 0 Å². The zero-order valence-electron chi connectivity index (χ0n) is 23.3. The fourth-order valence-electron chi connectivity index (χ4n) is 2.65. The van der Waals surface area contributed by atoms with Gasteiger partial charge < -0.3 is 39.4 Å². The molecule has 2 amide bonds. The Bertz CT molecular complexity index is 739. The van der Waals surface area contributed by atoms with Crippen molar-refractivity contribution in [1.29, 1.82) is 0 Å². The zero-order valence-corrected chi connectivity index (χ0v) is 23.3. The van der Waals surface area contributed by atoms with Crippen LogP contribution < -0.4 is 10.6 Å². The van der Waals surface area contributed by atoms with E-state index in [1.165, 1.54) is 0 Å². The molecule has 0 fully saturated rings. The van der Waals surface area contributed by atoms with Crippen LogP contribution in [0, 0.1) is 11.8 Å². The van der Waals surface area contributed by atoms with E-state index in [4.69, 9.17) is 24.1 Å². The van der Waals surface area contributed by atoms with E-state index in [1.807, 2.05) is 0 Å². The average Bonchev–Trinajstić information content (AvgIpc) is 2.68. The molecule has 0 aromatic rings. The van der Waals surface area contributed by atoms with Crippen LogP contribution in [0.3, 0.4) is 0 Å². The van der Waals surface area contributed by atoms with Crippen LogP contribution >= 0.6 is 0 Å². The summed E-state index contributed by atoms with van der Waals surface area (Å²) in [6, 6.07) is -2.18. The number of nitrogens with one attached hydrogen (secondary N) is 2. The maximum Gasteiger partial charge on any atom is 0.506 e. The van der Waals surface area contributed by atoms with Crippen LogP contribution in [-0.2, 0) is 33.3 Å². The molecule has 0 aromatic heterocycles. The molecule has 0 heterocycles. The summed E-state index contributed by atoms with van der Waals surface area (Å²) < 4.78 is 25.2. The predicted molar refractivity (Wildman–Crippen MR) is 131 cm³/mol. The summed E-state index contributed by atoms with van der Waals surface area (Å²) in [5, 5.41) is 13.9. The highest BCUT2D eigenvalue weighted by Gasteiger charge is 2.31. The third kappa shape index (κ3) is 15.5. The lowest BCUT2D eigenvalue weighted by Crippen LogP contribution is -2.48. The van der Waals surface area contributed by atoms with Gasteiger partial charge in [-0.05, 0) is 53.4 Å². The molecule has 0 aliphatic carbocycles. The average molecular weight is 535 g/mol. The Morgan fingerprint density at radius 2 is 1.00 bits per heavy atom. The summed E-state index contributed by atoms with van der Waals surface area (Å²) in [7, 11) is 0. The van der Waals surface area contributed by atoms with Gasteiger partial charge in [0.05, 0.1) is 0 Å². The van der Waals surface area contributed by atoms with Crippen molar-refractivity contribution in [3.8, 4) is 0 Å². The molecule has 0 aliphatic heterocycles. The number of hydrogen-bond acceptors (Lipinski definition) is 10. The second-order valence-electron chi connectivity index (χ2n) is 11.0. The molecule has 37 heavy (non-hydrogen) atoms. The second kappa shape index (κ2) is 14.5. The predicted octanol–water partition coefficient (Wildman–Crippen LogP) is 3.23. The highest BCUT2D eigenvalue weighted by molar-refractivity contribution is 5.82. The first kappa shape index (κ1) is 33.8. The van der Waals surface area contributed by atoms with Crippen molar-refractivity contribution in [1.82, 2.24) is 10.6 Å². The molecule has 0 aliphatic rings. The normalized spacial score (nSPS) is 13.4. The number of amides is 2. The minimum absolute atomic E-state index is 0.387. The first-order valence-corrected chi connectivity index (χ1v) is 11.9. The number of ether oxygens (including phenoxy) is 5. The molecule has 0 rings (SSSR count). The molecule has 0 aromatic carbocycles. The third-order valence-corrected chi connectivity index (χ3v) is 4.28. The minimum atomic E-state index is -1.68. The number of esters is 2. The number of alkyl carbamates (subject to hydrolysis) is 2. The summed E-state index contributed by atoms with van der Waals surface area (Å²) >= 11 is 0. The fourth-order valence-corrected chi connectivity index (χ4v) is 2.65. The summed E-state index contributed by atoms with van der Waals surface area (Å²) in [4.78, 5) is 60.4. The highest BCUT2D eigenvalue weighted by atomic mass is 16.7. The van der Waals surface area contributed by atoms with Gasteiger partial charge in [-0.2, -0.15) is 0 Å². The lowest BCUT2D eigenvalue weighted by Gasteiger charge is -2.26. The molecule has 0 saturated carbocycles. The third-order valence-electron chi connectivity index (χ3n) is 4.28. The molecule has 0 bridgehead atoms. The smallest absolute Gasteiger partial charge is 0.460 e. The van der Waals surface area contributed by atoms with Gasteiger partial charge in [0.15, 0.2) is 6.10 Å². The molecule has 2 atom stereocenters. The largest absolute Gasteiger partial charge is 0.506 e. The summed E-state index contributed by atoms with van der Waals surface area (Å²) in [6.07, 6.45) is -4.70. The van der Waals surface area contributed by atoms with E-state index < -0.39 is 72.9 Å². The van der Waals surface area contributed by atoms with Crippen LogP contribution in [-0.4, -0.2) is 78.0 Å². The van der Waals surface area contributed by atoms with Gasteiger partial charge in [-0.3, -0.25) is 0 Å². The maximum atomic E-state index is 12.6. The first-order chi connectivity index (χ1) is 16.7. The van der Waals surface area contributed by atoms with Gasteiger partial charge >= 0.3 is 30.3 Å². The first-order valence-electron chi connectivity index (χ1n) is 11.9. The van der Waals surface area contributed by atoms with Gasteiger partial charge in [0, 0.05) is 0 Å². The second-order valence-corrected chi connectivity index (χ2v) is 11.0. The monoisotopic (exact) mass is 534 g/mol. The molecule has 0 spiro atoms. The molecular formula is C24H42N2O11. The Kier molecular flexibility index (Phi) is 13.2. The summed E-state index contributed by atoms with van der Waals surface area (Å²) in [5.74, 6) is -2.50. The molecule has 0 radical (unpaired) electrons. The standard InChI is InChI=1S/C24H42N2O11/c1-13(2)16(25-20(29)36-23(5,6)7)18(27)33-11-15(35-22(31)32)12-34-19(28)17(14(3)4)26-21(30)37-24(8,9)10/h13-17H,11-12H2,1-10H3,(H,25,29)(H,26,30)(H,31,32)/t16-,17-/m0/s1. The van der Waals surface area contributed by atoms with Crippen molar-refractivity contribution < 1.29 is 52.8 Å². The van der Waals surface area contributed by atoms with Gasteiger partial charge in [0.1, 0.15) is 36.5 Å². The van der Waals surface area contributed by atoms with Crippen LogP contribution in [0.2, 0.25) is 0 Å². The van der Waals surface area contributed by atoms with Gasteiger partial charge in [0.2, 0.25) is 0 Å². The van der Waals surface area contributed by atoms with Crippen LogP contribution in [0.1, 0.15) is 69.2 Å². The van der Waals surface area contributed by atoms with Gasteiger partial charge in [0.25, 0.3) is 0 Å². The molecule has 214 valence electrons. The lowest BCUT2D eigenvalue weighted by molar-refractivity contribution is -0.157. The summed E-state index contributed by atoms with van der Waals surface area (Å²) in [6.45, 7) is 15.5. The van der Waals surface area contributed by atoms with Crippen molar-refractivity contribution in [3.05, 3.63) is 0 Å². The molecule has 13 heteroatoms. The van der Waals surface area contributed by atoms with Crippen molar-refractivity contribution in [2.45, 2.75) is 98.6 Å². The lowest BCUT2D eigenvalue weighted by atomic mass is 10.1. The van der Waals surface area contributed by atoms with Crippen molar-refractivity contribution in [2.24, 2.45) is 11.8 Å². The molecule has 3 N–H and O–H groups in total. The topological polar surface area (TPSA) is 176 Å². The van der Waals surface area contributed by atoms with Crippen LogP contribution in [0.15, 0.2) is 0 Å². The van der Waals surface area contributed by atoms with Gasteiger partial charge in [-0.25, -0.2) is 24.0 Å². The Balaban J connectivity index is 5.18. The Hall–Kier alpha value is -3.25. The number of carbonyl (C=O) groups excluding carboxylic acids is 4. The number of hydrogen-bond donors (Lipinski definition) is 3. The van der Waals surface area contributed by atoms with Crippen LogP contribution in [0.25, 0.3) is 0 Å². The minimum Gasteiger partial charge on any atom is -0.460 e. The van der Waals surface area contributed by atoms with Gasteiger partial charge in [-0.1, -0.05) is 27.7 Å².